The van der Waals surface area contributed by atoms with E-state index in [4.69, 9.17) is 4.74 Å². The Morgan fingerprint density at radius 2 is 1.83 bits per heavy atom. The molecule has 24 heavy (non-hydrogen) atoms. The molecule has 2 amide bonds. The van der Waals surface area contributed by atoms with Crippen molar-refractivity contribution in [3.8, 4) is 0 Å². The first kappa shape index (κ1) is 17.0. The summed E-state index contributed by atoms with van der Waals surface area (Å²) >= 11 is 0. The molecule has 1 aromatic carbocycles. The van der Waals surface area contributed by atoms with E-state index < -0.39 is 0 Å². The van der Waals surface area contributed by atoms with E-state index in [0.717, 1.165) is 24.9 Å². The van der Waals surface area contributed by atoms with Gasteiger partial charge in [0.25, 0.3) is 0 Å². The van der Waals surface area contributed by atoms with Crippen molar-refractivity contribution in [1.82, 2.24) is 9.80 Å². The second kappa shape index (κ2) is 7.34. The maximum atomic E-state index is 13.0. The van der Waals surface area contributed by atoms with Crippen molar-refractivity contribution in [3.05, 3.63) is 35.9 Å². The van der Waals surface area contributed by atoms with Gasteiger partial charge in [0.15, 0.2) is 0 Å². The predicted molar refractivity (Wildman–Crippen MR) is 91.3 cm³/mol. The van der Waals surface area contributed by atoms with Crippen molar-refractivity contribution in [2.75, 3.05) is 26.2 Å². The first-order valence-corrected chi connectivity index (χ1v) is 8.79. The Labute approximate surface area is 143 Å². The summed E-state index contributed by atoms with van der Waals surface area (Å²) < 4.78 is 6.04. The molecule has 0 radical (unpaired) electrons. The van der Waals surface area contributed by atoms with Crippen LogP contribution in [0.3, 0.4) is 0 Å². The fraction of sp³-hybridized carbons (Fsp3) is 0.579. The second-order valence-electron chi connectivity index (χ2n) is 6.89. The molecule has 0 N–H and O–H groups in total. The summed E-state index contributed by atoms with van der Waals surface area (Å²) in [5.74, 6) is 0.145. The van der Waals surface area contributed by atoms with Gasteiger partial charge in [-0.25, -0.2) is 0 Å². The Balaban J connectivity index is 1.68. The molecule has 0 saturated carbocycles. The van der Waals surface area contributed by atoms with Gasteiger partial charge in [-0.05, 0) is 25.3 Å². The van der Waals surface area contributed by atoms with Gasteiger partial charge in [-0.3, -0.25) is 9.59 Å². The number of nitrogens with zero attached hydrogens (tertiary/aromatic N) is 2. The van der Waals surface area contributed by atoms with Gasteiger partial charge in [0.2, 0.25) is 11.8 Å². The lowest BCUT2D eigenvalue weighted by atomic mass is 9.95. The number of piperidine rings is 1. The average Bonchev–Trinajstić information content (AvgIpc) is 2.61. The van der Waals surface area contributed by atoms with Gasteiger partial charge < -0.3 is 14.5 Å². The minimum atomic E-state index is -0.0793. The van der Waals surface area contributed by atoms with E-state index in [2.05, 4.69) is 0 Å². The maximum Gasteiger partial charge on any atom is 0.227 e. The van der Waals surface area contributed by atoms with Gasteiger partial charge in [-0.2, -0.15) is 0 Å². The van der Waals surface area contributed by atoms with Gasteiger partial charge >= 0.3 is 0 Å². The fourth-order valence-corrected chi connectivity index (χ4v) is 3.71. The minimum Gasteiger partial charge on any atom is -0.367 e. The molecule has 2 saturated heterocycles. The van der Waals surface area contributed by atoms with Crippen molar-refractivity contribution in [2.45, 2.75) is 38.9 Å². The highest BCUT2D eigenvalue weighted by molar-refractivity contribution is 5.81. The number of amides is 2. The van der Waals surface area contributed by atoms with E-state index in [1.807, 2.05) is 42.2 Å². The Bertz CT molecular complexity index is 590. The van der Waals surface area contributed by atoms with Crippen molar-refractivity contribution < 1.29 is 14.3 Å². The summed E-state index contributed by atoms with van der Waals surface area (Å²) in [5.41, 5.74) is 1.11. The molecule has 5 heteroatoms. The number of rotatable bonds is 2. The number of morpholine rings is 1. The highest BCUT2D eigenvalue weighted by Gasteiger charge is 2.35. The number of benzene rings is 1. The van der Waals surface area contributed by atoms with Gasteiger partial charge in [0.1, 0.15) is 6.10 Å². The van der Waals surface area contributed by atoms with E-state index in [1.54, 1.807) is 11.8 Å². The summed E-state index contributed by atoms with van der Waals surface area (Å²) in [6, 6.07) is 10.1. The molecule has 2 aliphatic heterocycles. The van der Waals surface area contributed by atoms with Gasteiger partial charge in [-0.15, -0.1) is 0 Å². The molecule has 0 spiro atoms. The number of likely N-dealkylation sites (tertiary alicyclic amines) is 1. The van der Waals surface area contributed by atoms with Crippen molar-refractivity contribution >= 4 is 11.8 Å². The van der Waals surface area contributed by atoms with Crippen molar-refractivity contribution in [2.24, 2.45) is 5.92 Å². The van der Waals surface area contributed by atoms with Crippen LogP contribution >= 0.6 is 0 Å². The largest absolute Gasteiger partial charge is 0.367 e. The van der Waals surface area contributed by atoms with Crippen LogP contribution in [0.15, 0.2) is 30.3 Å². The van der Waals surface area contributed by atoms with E-state index in [1.165, 1.54) is 0 Å². The zero-order chi connectivity index (χ0) is 17.1. The van der Waals surface area contributed by atoms with E-state index >= 15 is 0 Å². The summed E-state index contributed by atoms with van der Waals surface area (Å²) in [6.07, 6.45) is 1.70. The number of carbonyl (C=O) groups is 2. The molecule has 0 aromatic heterocycles. The van der Waals surface area contributed by atoms with Gasteiger partial charge in [-0.1, -0.05) is 30.3 Å². The summed E-state index contributed by atoms with van der Waals surface area (Å²) in [7, 11) is 0. The lowest BCUT2D eigenvalue weighted by Gasteiger charge is -2.40. The van der Waals surface area contributed by atoms with Crippen LogP contribution in [0.1, 0.15) is 38.4 Å². The van der Waals surface area contributed by atoms with Crippen LogP contribution < -0.4 is 0 Å². The van der Waals surface area contributed by atoms with Gasteiger partial charge in [0, 0.05) is 26.6 Å². The zero-order valence-electron chi connectivity index (χ0n) is 14.5. The lowest BCUT2D eigenvalue weighted by molar-refractivity contribution is -0.151. The normalized spacial score (nSPS) is 27.8. The molecular formula is C19H26N2O3. The maximum absolute atomic E-state index is 13.0. The first-order valence-electron chi connectivity index (χ1n) is 8.79. The molecule has 0 aliphatic carbocycles. The molecule has 0 bridgehead atoms. The quantitative estimate of drug-likeness (QED) is 0.835. The molecule has 2 heterocycles. The van der Waals surface area contributed by atoms with Gasteiger partial charge in [0.05, 0.1) is 18.6 Å². The van der Waals surface area contributed by atoms with Crippen molar-refractivity contribution in [3.63, 3.8) is 0 Å². The first-order chi connectivity index (χ1) is 11.5. The molecule has 0 unspecified atom stereocenters. The molecule has 3 atom stereocenters. The number of hydrogen-bond donors (Lipinski definition) is 0. The van der Waals surface area contributed by atoms with Crippen LogP contribution in [0.2, 0.25) is 0 Å². The van der Waals surface area contributed by atoms with E-state index in [-0.39, 0.29) is 29.9 Å². The number of ether oxygens (including phenoxy) is 1. The Morgan fingerprint density at radius 3 is 2.54 bits per heavy atom. The number of hydrogen-bond acceptors (Lipinski definition) is 3. The highest BCUT2D eigenvalue weighted by Crippen LogP contribution is 2.27. The smallest absolute Gasteiger partial charge is 0.227 e. The monoisotopic (exact) mass is 330 g/mol. The van der Waals surface area contributed by atoms with Crippen LogP contribution in [0, 0.1) is 5.92 Å². The topological polar surface area (TPSA) is 49.9 Å². The zero-order valence-corrected chi connectivity index (χ0v) is 14.5. The van der Waals surface area contributed by atoms with Crippen LogP contribution in [0.5, 0.6) is 0 Å². The standard InChI is InChI=1S/C19H26N2O3/c1-14-11-21(13-18(24-14)16-7-4-3-5-8-16)19(23)17-9-6-10-20(12-17)15(2)22/h3-5,7-8,14,17-18H,6,9-13H2,1-2H3/t14-,17-,18-/m0/s1. The van der Waals surface area contributed by atoms with Crippen molar-refractivity contribution in [1.29, 1.82) is 0 Å². The number of carbonyl (C=O) groups excluding carboxylic acids is 2. The minimum absolute atomic E-state index is 0.0143. The fourth-order valence-electron chi connectivity index (χ4n) is 3.71. The molecule has 130 valence electrons. The van der Waals surface area contributed by atoms with Crippen LogP contribution in [0.25, 0.3) is 0 Å². The Kier molecular flexibility index (Phi) is 5.19. The molecule has 2 aliphatic rings. The summed E-state index contributed by atoms with van der Waals surface area (Å²) in [5, 5.41) is 0. The molecule has 1 aromatic rings. The molecule has 2 fully saturated rings. The summed E-state index contributed by atoms with van der Waals surface area (Å²) in [4.78, 5) is 28.3. The predicted octanol–water partition coefficient (Wildman–Crippen LogP) is 2.23. The highest BCUT2D eigenvalue weighted by atomic mass is 16.5. The SMILES string of the molecule is CC(=O)N1CCC[C@H](C(=O)N2C[C@@H](c3ccccc3)O[C@@H](C)C2)C1. The van der Waals surface area contributed by atoms with E-state index in [9.17, 15) is 9.59 Å². The van der Waals surface area contributed by atoms with Crippen LogP contribution in [-0.4, -0.2) is 53.9 Å². The third-order valence-corrected chi connectivity index (χ3v) is 4.96. The Hall–Kier alpha value is -1.88. The third kappa shape index (κ3) is 3.78. The van der Waals surface area contributed by atoms with Crippen LogP contribution in [0.4, 0.5) is 0 Å². The molecule has 5 nitrogen and oxygen atoms in total. The molecular weight excluding hydrogens is 304 g/mol. The Morgan fingerprint density at radius 1 is 1.08 bits per heavy atom. The third-order valence-electron chi connectivity index (χ3n) is 4.96. The molecule has 3 rings (SSSR count). The van der Waals surface area contributed by atoms with E-state index in [0.29, 0.717) is 19.6 Å². The average molecular weight is 330 g/mol. The second-order valence-corrected chi connectivity index (χ2v) is 6.89. The van der Waals surface area contributed by atoms with Crippen LogP contribution in [-0.2, 0) is 14.3 Å². The lowest BCUT2D eigenvalue weighted by Crippen LogP contribution is -2.51. The summed E-state index contributed by atoms with van der Waals surface area (Å²) in [6.45, 7) is 6.12.